The number of rotatable bonds is 4. The van der Waals surface area contributed by atoms with Crippen molar-refractivity contribution in [1.29, 1.82) is 0 Å². The van der Waals surface area contributed by atoms with Crippen molar-refractivity contribution in [1.82, 2.24) is 14.9 Å². The van der Waals surface area contributed by atoms with Crippen LogP contribution < -0.4 is 0 Å². The summed E-state index contributed by atoms with van der Waals surface area (Å²) in [7, 11) is 0. The monoisotopic (exact) mass is 325 g/mol. The molecule has 2 aromatic heterocycles. The highest BCUT2D eigenvalue weighted by Crippen LogP contribution is 2.20. The minimum absolute atomic E-state index is 0.000704. The Morgan fingerprint density at radius 1 is 1.21 bits per heavy atom. The van der Waals surface area contributed by atoms with Crippen LogP contribution in [0.2, 0.25) is 0 Å². The van der Waals surface area contributed by atoms with Crippen LogP contribution in [0.15, 0.2) is 47.0 Å². The van der Waals surface area contributed by atoms with E-state index >= 15 is 0 Å². The topological polar surface area (TPSA) is 87.2 Å². The Kier molecular flexibility index (Phi) is 4.24. The van der Waals surface area contributed by atoms with Gasteiger partial charge < -0.3 is 9.26 Å². The van der Waals surface area contributed by atoms with E-state index in [1.165, 1.54) is 12.1 Å². The van der Waals surface area contributed by atoms with Crippen LogP contribution in [0.3, 0.4) is 0 Å². The lowest BCUT2D eigenvalue weighted by Crippen LogP contribution is -2.20. The number of benzene rings is 1. The summed E-state index contributed by atoms with van der Waals surface area (Å²) in [4.78, 5) is 24.8. The summed E-state index contributed by atoms with van der Waals surface area (Å²) in [6, 6.07) is 12.3. The molecule has 0 aliphatic heterocycles. The average Bonchev–Trinajstić information content (AvgIpc) is 3.22. The molecular weight excluding hydrogens is 310 g/mol. The first kappa shape index (κ1) is 15.7. The fourth-order valence-corrected chi connectivity index (χ4v) is 2.21. The number of carbonyl (C=O) groups is 2. The molecule has 1 aromatic carbocycles. The normalized spacial score (nSPS) is 10.6. The molecule has 0 saturated carbocycles. The van der Waals surface area contributed by atoms with Crippen molar-refractivity contribution in [2.24, 2.45) is 0 Å². The number of esters is 1. The molecule has 0 unspecified atom stereocenters. The fourth-order valence-electron chi connectivity index (χ4n) is 2.21. The lowest BCUT2D eigenvalue weighted by molar-refractivity contribution is 0.0506. The summed E-state index contributed by atoms with van der Waals surface area (Å²) in [5, 5.41) is 7.93. The van der Waals surface area contributed by atoms with Crippen molar-refractivity contribution < 1.29 is 18.8 Å². The number of hydrogen-bond donors (Lipinski definition) is 0. The molecule has 0 N–H and O–H groups in total. The predicted octanol–water partition coefficient (Wildman–Crippen LogP) is 2.71. The van der Waals surface area contributed by atoms with E-state index in [0.717, 1.165) is 10.2 Å². The van der Waals surface area contributed by atoms with Gasteiger partial charge in [-0.3, -0.25) is 4.79 Å². The van der Waals surface area contributed by atoms with Crippen molar-refractivity contribution in [3.8, 4) is 11.3 Å². The van der Waals surface area contributed by atoms with E-state index in [2.05, 4.69) is 10.3 Å². The molecule has 0 radical (unpaired) electrons. The minimum atomic E-state index is -0.628. The summed E-state index contributed by atoms with van der Waals surface area (Å²) in [6.07, 6.45) is 0. The highest BCUT2D eigenvalue weighted by molar-refractivity contribution is 5.99. The third-order valence-corrected chi connectivity index (χ3v) is 3.29. The zero-order chi connectivity index (χ0) is 17.1. The van der Waals surface area contributed by atoms with E-state index in [4.69, 9.17) is 9.26 Å². The van der Waals surface area contributed by atoms with Crippen LogP contribution >= 0.6 is 0 Å². The van der Waals surface area contributed by atoms with Gasteiger partial charge in [0.15, 0.2) is 5.69 Å². The highest BCUT2D eigenvalue weighted by atomic mass is 16.5. The van der Waals surface area contributed by atoms with Crippen molar-refractivity contribution in [3.63, 3.8) is 0 Å². The summed E-state index contributed by atoms with van der Waals surface area (Å²) >= 11 is 0. The molecule has 7 heteroatoms. The van der Waals surface area contributed by atoms with Gasteiger partial charge >= 0.3 is 11.9 Å². The number of aryl methyl sites for hydroxylation is 1. The van der Waals surface area contributed by atoms with Gasteiger partial charge in [0.25, 0.3) is 0 Å². The average molecular weight is 325 g/mol. The van der Waals surface area contributed by atoms with Crippen LogP contribution in [-0.2, 0) is 4.74 Å². The zero-order valence-corrected chi connectivity index (χ0v) is 13.2. The van der Waals surface area contributed by atoms with Crippen molar-refractivity contribution >= 4 is 11.9 Å². The Labute approximate surface area is 137 Å². The van der Waals surface area contributed by atoms with Crippen LogP contribution in [-0.4, -0.2) is 33.4 Å². The van der Waals surface area contributed by atoms with Gasteiger partial charge in [0.1, 0.15) is 0 Å². The molecule has 3 rings (SSSR count). The smallest absolute Gasteiger partial charge is 0.357 e. The third-order valence-electron chi connectivity index (χ3n) is 3.29. The van der Waals surface area contributed by atoms with Crippen LogP contribution in [0, 0.1) is 6.92 Å². The Balaban J connectivity index is 2.07. The second-order valence-electron chi connectivity index (χ2n) is 5.05. The Morgan fingerprint density at radius 3 is 2.58 bits per heavy atom. The zero-order valence-electron chi connectivity index (χ0n) is 13.2. The number of ether oxygens (including phenoxy) is 1. The van der Waals surface area contributed by atoms with Crippen molar-refractivity contribution in [2.45, 2.75) is 13.8 Å². The minimum Gasteiger partial charge on any atom is -0.461 e. The van der Waals surface area contributed by atoms with E-state index in [-0.39, 0.29) is 18.1 Å². The molecule has 7 nitrogen and oxygen atoms in total. The maximum atomic E-state index is 12.6. The van der Waals surface area contributed by atoms with Gasteiger partial charge in [-0.1, -0.05) is 35.5 Å². The third kappa shape index (κ3) is 2.96. The number of carbonyl (C=O) groups excluding carboxylic acids is 2. The molecule has 0 aliphatic carbocycles. The second-order valence-corrected chi connectivity index (χ2v) is 5.05. The van der Waals surface area contributed by atoms with Gasteiger partial charge in [0, 0.05) is 11.6 Å². The Morgan fingerprint density at radius 2 is 1.96 bits per heavy atom. The number of hydrogen-bond acceptors (Lipinski definition) is 6. The molecule has 122 valence electrons. The molecule has 0 saturated heterocycles. The van der Waals surface area contributed by atoms with E-state index in [0.29, 0.717) is 11.4 Å². The lowest BCUT2D eigenvalue weighted by Gasteiger charge is -2.03. The number of aromatic nitrogens is 3. The van der Waals surface area contributed by atoms with Crippen LogP contribution in [0.1, 0.15) is 33.7 Å². The highest BCUT2D eigenvalue weighted by Gasteiger charge is 2.25. The largest absolute Gasteiger partial charge is 0.461 e. The summed E-state index contributed by atoms with van der Waals surface area (Å²) < 4.78 is 11.0. The van der Waals surface area contributed by atoms with Gasteiger partial charge in [-0.15, -0.1) is 0 Å². The van der Waals surface area contributed by atoms with Crippen molar-refractivity contribution in [3.05, 3.63) is 59.6 Å². The summed E-state index contributed by atoms with van der Waals surface area (Å²) in [5.74, 6) is -1.21. The Hall–Kier alpha value is -3.22. The van der Waals surface area contributed by atoms with Gasteiger partial charge in [-0.25, -0.2) is 4.79 Å². The molecule has 0 aliphatic rings. The summed E-state index contributed by atoms with van der Waals surface area (Å²) in [6.45, 7) is 3.59. The van der Waals surface area contributed by atoms with Gasteiger partial charge in [-0.2, -0.15) is 9.78 Å². The molecule has 0 spiro atoms. The Bertz CT molecular complexity index is 880. The molecule has 2 heterocycles. The van der Waals surface area contributed by atoms with Crippen LogP contribution in [0.5, 0.6) is 0 Å². The van der Waals surface area contributed by atoms with Gasteiger partial charge in [0.05, 0.1) is 18.0 Å². The maximum Gasteiger partial charge on any atom is 0.357 e. The predicted molar refractivity (Wildman–Crippen MR) is 84.6 cm³/mol. The van der Waals surface area contributed by atoms with E-state index < -0.39 is 11.9 Å². The second kappa shape index (κ2) is 6.49. The molecule has 24 heavy (non-hydrogen) atoms. The molecule has 3 aromatic rings. The maximum absolute atomic E-state index is 12.6. The molecule has 0 amide bonds. The van der Waals surface area contributed by atoms with E-state index in [1.54, 1.807) is 13.8 Å². The number of nitrogens with zero attached hydrogens (tertiary/aromatic N) is 3. The van der Waals surface area contributed by atoms with E-state index in [1.807, 2.05) is 30.3 Å². The van der Waals surface area contributed by atoms with Gasteiger partial charge in [0.2, 0.25) is 5.76 Å². The molecule has 0 atom stereocenters. The molecule has 0 fully saturated rings. The lowest BCUT2D eigenvalue weighted by atomic mass is 10.1. The first-order valence-electron chi connectivity index (χ1n) is 7.40. The first-order valence-corrected chi connectivity index (χ1v) is 7.40. The van der Waals surface area contributed by atoms with E-state index in [9.17, 15) is 9.59 Å². The first-order chi connectivity index (χ1) is 11.6. The van der Waals surface area contributed by atoms with Crippen molar-refractivity contribution in [2.75, 3.05) is 6.61 Å². The summed E-state index contributed by atoms with van der Waals surface area (Å²) in [5.41, 5.74) is 1.87. The van der Waals surface area contributed by atoms with Crippen LogP contribution in [0.4, 0.5) is 0 Å². The molecule has 0 bridgehead atoms. The fraction of sp³-hybridized carbons (Fsp3) is 0.176. The van der Waals surface area contributed by atoms with Crippen LogP contribution in [0.25, 0.3) is 11.3 Å². The standard InChI is InChI=1S/C17H15N3O4/c1-3-23-17(22)14-10-13(12-7-5-4-6-8-12)18-20(14)16(21)15-9-11(2)19-24-15/h4-10H,3H2,1-2H3. The van der Waals surface area contributed by atoms with Gasteiger partial charge in [-0.05, 0) is 19.9 Å². The SMILES string of the molecule is CCOC(=O)c1cc(-c2ccccc2)nn1C(=O)c1cc(C)no1. The molecular formula is C17H15N3O4. The quantitative estimate of drug-likeness (QED) is 0.685.